The van der Waals surface area contributed by atoms with Crippen molar-refractivity contribution in [3.05, 3.63) is 42.0 Å². The van der Waals surface area contributed by atoms with Crippen LogP contribution in [-0.2, 0) is 13.5 Å². The number of anilines is 2. The van der Waals surface area contributed by atoms with Gasteiger partial charge < -0.3 is 21.4 Å². The molecule has 1 amide bonds. The van der Waals surface area contributed by atoms with E-state index in [9.17, 15) is 4.79 Å². The Hall–Kier alpha value is -2.50. The summed E-state index contributed by atoms with van der Waals surface area (Å²) in [4.78, 5) is 16.1. The van der Waals surface area contributed by atoms with Gasteiger partial charge in [0.1, 0.15) is 5.82 Å². The lowest BCUT2D eigenvalue weighted by molar-refractivity contribution is 0.0955. The maximum absolute atomic E-state index is 11.9. The number of amides is 1. The first-order valence-corrected chi connectivity index (χ1v) is 5.97. The highest BCUT2D eigenvalue weighted by Crippen LogP contribution is 2.15. The van der Waals surface area contributed by atoms with Crippen LogP contribution in [0.1, 0.15) is 16.2 Å². The third-order valence-corrected chi connectivity index (χ3v) is 2.88. The Bertz CT molecular complexity index is 590. The highest BCUT2D eigenvalue weighted by molar-refractivity contribution is 5.99. The molecule has 0 aliphatic rings. The third-order valence-electron chi connectivity index (χ3n) is 2.88. The SMILES string of the molecule is Cn1ccnc1CCNC(=O)c1ccc(N)cc1N. The second-order valence-corrected chi connectivity index (χ2v) is 4.31. The van der Waals surface area contributed by atoms with E-state index in [0.717, 1.165) is 5.82 Å². The van der Waals surface area contributed by atoms with Crippen LogP contribution in [0.5, 0.6) is 0 Å². The van der Waals surface area contributed by atoms with Gasteiger partial charge in [-0.25, -0.2) is 4.98 Å². The van der Waals surface area contributed by atoms with E-state index in [1.807, 2.05) is 17.8 Å². The van der Waals surface area contributed by atoms with Crippen LogP contribution in [0.4, 0.5) is 11.4 Å². The maximum atomic E-state index is 11.9. The number of hydrogen-bond acceptors (Lipinski definition) is 4. The second-order valence-electron chi connectivity index (χ2n) is 4.31. The Morgan fingerprint density at radius 1 is 1.42 bits per heavy atom. The van der Waals surface area contributed by atoms with Gasteiger partial charge in [0.05, 0.1) is 5.56 Å². The predicted octanol–water partition coefficient (Wildman–Crippen LogP) is 0.557. The monoisotopic (exact) mass is 259 g/mol. The quantitative estimate of drug-likeness (QED) is 0.698. The van der Waals surface area contributed by atoms with Crippen molar-refractivity contribution < 1.29 is 4.79 Å². The van der Waals surface area contributed by atoms with Gasteiger partial charge in [-0.2, -0.15) is 0 Å². The second kappa shape index (κ2) is 5.43. The molecule has 2 rings (SSSR count). The van der Waals surface area contributed by atoms with Crippen molar-refractivity contribution in [1.82, 2.24) is 14.9 Å². The minimum Gasteiger partial charge on any atom is -0.399 e. The minimum absolute atomic E-state index is 0.202. The van der Waals surface area contributed by atoms with Crippen molar-refractivity contribution in [3.63, 3.8) is 0 Å². The molecular weight excluding hydrogens is 242 g/mol. The van der Waals surface area contributed by atoms with Gasteiger partial charge in [0.25, 0.3) is 5.91 Å². The van der Waals surface area contributed by atoms with Crippen LogP contribution in [0.15, 0.2) is 30.6 Å². The van der Waals surface area contributed by atoms with Crippen molar-refractivity contribution in [2.45, 2.75) is 6.42 Å². The Kier molecular flexibility index (Phi) is 3.70. The Labute approximate surface area is 111 Å². The van der Waals surface area contributed by atoms with Crippen LogP contribution in [0, 0.1) is 0 Å². The number of nitrogens with zero attached hydrogens (tertiary/aromatic N) is 2. The summed E-state index contributed by atoms with van der Waals surface area (Å²) in [6.07, 6.45) is 4.27. The fourth-order valence-corrected chi connectivity index (χ4v) is 1.81. The molecule has 0 atom stereocenters. The first-order chi connectivity index (χ1) is 9.08. The zero-order chi connectivity index (χ0) is 13.8. The fourth-order valence-electron chi connectivity index (χ4n) is 1.81. The van der Waals surface area contributed by atoms with Crippen molar-refractivity contribution in [2.24, 2.45) is 7.05 Å². The number of benzene rings is 1. The van der Waals surface area contributed by atoms with Gasteiger partial charge in [0, 0.05) is 43.8 Å². The van der Waals surface area contributed by atoms with E-state index in [4.69, 9.17) is 11.5 Å². The number of imidazole rings is 1. The average Bonchev–Trinajstić information content (AvgIpc) is 2.75. The molecule has 2 aromatic rings. The van der Waals surface area contributed by atoms with E-state index in [0.29, 0.717) is 29.9 Å². The molecule has 0 saturated heterocycles. The minimum atomic E-state index is -0.202. The standard InChI is InChI=1S/C13H17N5O/c1-18-7-6-16-12(18)4-5-17-13(19)10-3-2-9(14)8-11(10)15/h2-3,6-8H,4-5,14-15H2,1H3,(H,17,19). The normalized spacial score (nSPS) is 10.4. The summed E-state index contributed by atoms with van der Waals surface area (Å²) >= 11 is 0. The zero-order valence-corrected chi connectivity index (χ0v) is 10.8. The predicted molar refractivity (Wildman–Crippen MR) is 74.5 cm³/mol. The van der Waals surface area contributed by atoms with Crippen LogP contribution in [0.25, 0.3) is 0 Å². The molecule has 0 radical (unpaired) electrons. The van der Waals surface area contributed by atoms with Crippen LogP contribution < -0.4 is 16.8 Å². The number of aryl methyl sites for hydroxylation is 1. The molecule has 6 nitrogen and oxygen atoms in total. The fraction of sp³-hybridized carbons (Fsp3) is 0.231. The van der Waals surface area contributed by atoms with E-state index < -0.39 is 0 Å². The largest absolute Gasteiger partial charge is 0.399 e. The van der Waals surface area contributed by atoms with E-state index in [1.165, 1.54) is 0 Å². The summed E-state index contributed by atoms with van der Waals surface area (Å²) in [6, 6.07) is 4.86. The Morgan fingerprint density at radius 2 is 2.21 bits per heavy atom. The topological polar surface area (TPSA) is 99.0 Å². The van der Waals surface area contributed by atoms with Crippen molar-refractivity contribution >= 4 is 17.3 Å². The average molecular weight is 259 g/mol. The van der Waals surface area contributed by atoms with E-state index >= 15 is 0 Å². The molecule has 0 bridgehead atoms. The highest BCUT2D eigenvalue weighted by Gasteiger charge is 2.09. The first kappa shape index (κ1) is 12.9. The summed E-state index contributed by atoms with van der Waals surface area (Å²) in [7, 11) is 1.92. The third kappa shape index (κ3) is 3.04. The molecule has 1 heterocycles. The first-order valence-electron chi connectivity index (χ1n) is 5.97. The van der Waals surface area contributed by atoms with Gasteiger partial charge in [0.2, 0.25) is 0 Å². The summed E-state index contributed by atoms with van der Waals surface area (Å²) in [5, 5.41) is 2.81. The number of carbonyl (C=O) groups excluding carboxylic acids is 1. The van der Waals surface area contributed by atoms with Crippen LogP contribution in [-0.4, -0.2) is 22.0 Å². The Balaban J connectivity index is 1.93. The van der Waals surface area contributed by atoms with Gasteiger partial charge in [-0.1, -0.05) is 0 Å². The molecule has 0 aliphatic heterocycles. The molecule has 100 valence electrons. The molecule has 1 aromatic carbocycles. The van der Waals surface area contributed by atoms with Crippen LogP contribution >= 0.6 is 0 Å². The molecule has 1 aromatic heterocycles. The summed E-state index contributed by atoms with van der Waals surface area (Å²) in [5.41, 5.74) is 12.7. The molecule has 0 spiro atoms. The molecular formula is C13H17N5O. The summed E-state index contributed by atoms with van der Waals surface area (Å²) in [6.45, 7) is 0.507. The molecule has 6 heteroatoms. The number of rotatable bonds is 4. The molecule has 0 fully saturated rings. The van der Waals surface area contributed by atoms with Gasteiger partial charge >= 0.3 is 0 Å². The molecule has 5 N–H and O–H groups in total. The lowest BCUT2D eigenvalue weighted by atomic mass is 10.1. The molecule has 0 saturated carbocycles. The van der Waals surface area contributed by atoms with Gasteiger partial charge in [-0.15, -0.1) is 0 Å². The molecule has 0 unspecified atom stereocenters. The lowest BCUT2D eigenvalue weighted by Crippen LogP contribution is -2.27. The van der Waals surface area contributed by atoms with Crippen molar-refractivity contribution in [2.75, 3.05) is 18.0 Å². The van der Waals surface area contributed by atoms with Gasteiger partial charge in [0.15, 0.2) is 0 Å². The lowest BCUT2D eigenvalue weighted by Gasteiger charge is -2.08. The number of aromatic nitrogens is 2. The smallest absolute Gasteiger partial charge is 0.253 e. The molecule has 19 heavy (non-hydrogen) atoms. The number of carbonyl (C=O) groups is 1. The number of nitrogens with one attached hydrogen (secondary N) is 1. The number of nitrogens with two attached hydrogens (primary N) is 2. The van der Waals surface area contributed by atoms with Crippen LogP contribution in [0.2, 0.25) is 0 Å². The summed E-state index contributed by atoms with van der Waals surface area (Å²) < 4.78 is 1.92. The highest BCUT2D eigenvalue weighted by atomic mass is 16.1. The Morgan fingerprint density at radius 3 is 2.84 bits per heavy atom. The maximum Gasteiger partial charge on any atom is 0.253 e. The number of hydrogen-bond donors (Lipinski definition) is 3. The van der Waals surface area contributed by atoms with Gasteiger partial charge in [-0.3, -0.25) is 4.79 Å². The van der Waals surface area contributed by atoms with Crippen LogP contribution in [0.3, 0.4) is 0 Å². The van der Waals surface area contributed by atoms with E-state index in [1.54, 1.807) is 24.4 Å². The van der Waals surface area contributed by atoms with E-state index in [-0.39, 0.29) is 5.91 Å². The number of nitrogen functional groups attached to an aromatic ring is 2. The van der Waals surface area contributed by atoms with Crippen molar-refractivity contribution in [1.29, 1.82) is 0 Å². The molecule has 0 aliphatic carbocycles. The van der Waals surface area contributed by atoms with Gasteiger partial charge in [-0.05, 0) is 18.2 Å². The van der Waals surface area contributed by atoms with E-state index in [2.05, 4.69) is 10.3 Å². The zero-order valence-electron chi connectivity index (χ0n) is 10.8. The summed E-state index contributed by atoms with van der Waals surface area (Å²) in [5.74, 6) is 0.720. The van der Waals surface area contributed by atoms with Crippen molar-refractivity contribution in [3.8, 4) is 0 Å².